The molecule has 2 aliphatic heterocycles. The summed E-state index contributed by atoms with van der Waals surface area (Å²) in [5.41, 5.74) is -0.552. The molecule has 5 nitrogen and oxygen atoms in total. The van der Waals surface area contributed by atoms with Crippen LogP contribution in [-0.4, -0.2) is 40.6 Å². The van der Waals surface area contributed by atoms with Crippen LogP contribution in [0, 0.1) is 11.3 Å². The summed E-state index contributed by atoms with van der Waals surface area (Å²) >= 11 is 6.26. The van der Waals surface area contributed by atoms with Gasteiger partial charge in [-0.05, 0) is 17.5 Å². The van der Waals surface area contributed by atoms with Crippen LogP contribution in [0.25, 0.3) is 0 Å². The van der Waals surface area contributed by atoms with Crippen LogP contribution < -0.4 is 4.74 Å². The number of fused-ring (bicyclic) bond motifs is 1. The van der Waals surface area contributed by atoms with Gasteiger partial charge in [-0.3, -0.25) is 4.79 Å². The molecule has 1 aromatic carbocycles. The zero-order chi connectivity index (χ0) is 17.7. The summed E-state index contributed by atoms with van der Waals surface area (Å²) in [5.74, 6) is 0.142. The average molecular weight is 352 g/mol. The summed E-state index contributed by atoms with van der Waals surface area (Å²) in [6, 6.07) is 5.24. The standard InChI is InChI=1S/C18H22ClNO4/c1-17(2,3)15-14(21)13-11(19)5-4-6-12(13)24-18(15)7-9-20(10-8-18)16(22)23/h4-6,15H,7-10H2,1-3H3,(H,22,23). The van der Waals surface area contributed by atoms with Gasteiger partial charge in [-0.2, -0.15) is 0 Å². The molecule has 0 saturated carbocycles. The van der Waals surface area contributed by atoms with E-state index in [2.05, 4.69) is 0 Å². The number of likely N-dealkylation sites (tertiary alicyclic amines) is 1. The summed E-state index contributed by atoms with van der Waals surface area (Å²) in [6.07, 6.45) is 0.0699. The Morgan fingerprint density at radius 1 is 1.33 bits per heavy atom. The van der Waals surface area contributed by atoms with Crippen molar-refractivity contribution in [3.8, 4) is 5.75 Å². The number of hydrogen-bond donors (Lipinski definition) is 1. The molecular weight excluding hydrogens is 330 g/mol. The first-order valence-electron chi connectivity index (χ1n) is 8.15. The molecule has 1 unspecified atom stereocenters. The van der Waals surface area contributed by atoms with E-state index < -0.39 is 11.7 Å². The summed E-state index contributed by atoms with van der Waals surface area (Å²) in [7, 11) is 0. The maximum Gasteiger partial charge on any atom is 0.407 e. The van der Waals surface area contributed by atoms with Gasteiger partial charge >= 0.3 is 6.09 Å². The van der Waals surface area contributed by atoms with E-state index in [1.165, 1.54) is 4.90 Å². The van der Waals surface area contributed by atoms with Crippen molar-refractivity contribution in [2.24, 2.45) is 11.3 Å². The number of carbonyl (C=O) groups is 2. The molecule has 0 aliphatic carbocycles. The first-order chi connectivity index (χ1) is 11.2. The number of hydrogen-bond acceptors (Lipinski definition) is 3. The summed E-state index contributed by atoms with van der Waals surface area (Å²) in [6.45, 7) is 6.79. The molecular formula is C18H22ClNO4. The average Bonchev–Trinajstić information content (AvgIpc) is 2.45. The number of carbonyl (C=O) groups excluding carboxylic acids is 1. The van der Waals surface area contributed by atoms with Crippen LogP contribution in [0.2, 0.25) is 5.02 Å². The first kappa shape index (κ1) is 17.1. The Kier molecular flexibility index (Phi) is 4.03. The summed E-state index contributed by atoms with van der Waals surface area (Å²) in [5, 5.41) is 9.60. The maximum atomic E-state index is 13.3. The molecule has 130 valence electrons. The van der Waals surface area contributed by atoms with Crippen molar-refractivity contribution in [1.29, 1.82) is 0 Å². The van der Waals surface area contributed by atoms with E-state index in [4.69, 9.17) is 16.3 Å². The highest BCUT2D eigenvalue weighted by molar-refractivity contribution is 6.34. The summed E-state index contributed by atoms with van der Waals surface area (Å²) < 4.78 is 6.35. The van der Waals surface area contributed by atoms with Crippen LogP contribution in [0.3, 0.4) is 0 Å². The second kappa shape index (κ2) is 5.66. The van der Waals surface area contributed by atoms with Crippen molar-refractivity contribution in [3.05, 3.63) is 28.8 Å². The molecule has 6 heteroatoms. The minimum absolute atomic E-state index is 0.00174. The lowest BCUT2D eigenvalue weighted by atomic mass is 9.62. The molecule has 3 rings (SSSR count). The molecule has 1 atom stereocenters. The van der Waals surface area contributed by atoms with Gasteiger partial charge in [0, 0.05) is 25.9 Å². The zero-order valence-electron chi connectivity index (χ0n) is 14.1. The third-order valence-corrected chi connectivity index (χ3v) is 5.38. The monoisotopic (exact) mass is 351 g/mol. The molecule has 1 N–H and O–H groups in total. The number of carboxylic acid groups (broad SMARTS) is 1. The van der Waals surface area contributed by atoms with Crippen LogP contribution in [0.5, 0.6) is 5.75 Å². The smallest absolute Gasteiger partial charge is 0.407 e. The van der Waals surface area contributed by atoms with Crippen molar-refractivity contribution >= 4 is 23.5 Å². The van der Waals surface area contributed by atoms with Gasteiger partial charge in [-0.25, -0.2) is 4.79 Å². The largest absolute Gasteiger partial charge is 0.486 e. The zero-order valence-corrected chi connectivity index (χ0v) is 14.9. The lowest BCUT2D eigenvalue weighted by Crippen LogP contribution is -2.60. The number of halogens is 1. The normalized spacial score (nSPS) is 22.9. The van der Waals surface area contributed by atoms with Gasteiger partial charge in [0.05, 0.1) is 16.5 Å². The van der Waals surface area contributed by atoms with Gasteiger partial charge in [-0.1, -0.05) is 38.4 Å². The minimum atomic E-state index is -0.928. The predicted molar refractivity (Wildman–Crippen MR) is 90.9 cm³/mol. The lowest BCUT2D eigenvalue weighted by molar-refractivity contribution is -0.0695. The third kappa shape index (κ3) is 2.65. The van der Waals surface area contributed by atoms with Crippen molar-refractivity contribution in [2.75, 3.05) is 13.1 Å². The molecule has 1 spiro atoms. The van der Waals surface area contributed by atoms with Crippen LogP contribution in [0.1, 0.15) is 44.0 Å². The second-order valence-corrected chi connectivity index (χ2v) is 8.12. The van der Waals surface area contributed by atoms with Gasteiger partial charge in [0.1, 0.15) is 11.4 Å². The second-order valence-electron chi connectivity index (χ2n) is 7.71. The lowest BCUT2D eigenvalue weighted by Gasteiger charge is -2.52. The molecule has 2 heterocycles. The van der Waals surface area contributed by atoms with E-state index in [0.717, 1.165) is 0 Å². The Bertz CT molecular complexity index is 687. The Morgan fingerprint density at radius 3 is 2.50 bits per heavy atom. The predicted octanol–water partition coefficient (Wildman–Crippen LogP) is 4.09. The molecule has 2 aliphatic rings. The fourth-order valence-electron chi connectivity index (χ4n) is 4.14. The van der Waals surface area contributed by atoms with Gasteiger partial charge in [0.15, 0.2) is 5.78 Å². The van der Waals surface area contributed by atoms with Crippen molar-refractivity contribution in [2.45, 2.75) is 39.2 Å². The number of Topliss-reactive ketones (excluding diaryl/α,β-unsaturated/α-hetero) is 1. The number of piperidine rings is 1. The van der Waals surface area contributed by atoms with Gasteiger partial charge < -0.3 is 14.7 Å². The highest BCUT2D eigenvalue weighted by atomic mass is 35.5. The Balaban J connectivity index is 2.05. The fourth-order valence-corrected chi connectivity index (χ4v) is 4.40. The van der Waals surface area contributed by atoms with Crippen molar-refractivity contribution in [3.63, 3.8) is 0 Å². The van der Waals surface area contributed by atoms with Crippen LogP contribution >= 0.6 is 11.6 Å². The van der Waals surface area contributed by atoms with E-state index in [0.29, 0.717) is 42.3 Å². The molecule has 0 radical (unpaired) electrons. The van der Waals surface area contributed by atoms with Crippen LogP contribution in [0.15, 0.2) is 18.2 Å². The topological polar surface area (TPSA) is 66.8 Å². The number of ketones is 1. The van der Waals surface area contributed by atoms with Crippen molar-refractivity contribution < 1.29 is 19.4 Å². The SMILES string of the molecule is CC(C)(C)C1C(=O)c2c(Cl)cccc2OC12CCN(C(=O)O)CC2. The minimum Gasteiger partial charge on any atom is -0.486 e. The summed E-state index contributed by atoms with van der Waals surface area (Å²) in [4.78, 5) is 25.9. The van der Waals surface area contributed by atoms with E-state index in [-0.39, 0.29) is 17.1 Å². The molecule has 0 aromatic heterocycles. The number of amides is 1. The molecule has 1 saturated heterocycles. The highest BCUT2D eigenvalue weighted by Gasteiger charge is 2.56. The van der Waals surface area contributed by atoms with Gasteiger partial charge in [0.25, 0.3) is 0 Å². The van der Waals surface area contributed by atoms with E-state index in [1.54, 1.807) is 18.2 Å². The molecule has 0 bridgehead atoms. The Hall–Kier alpha value is -1.75. The number of nitrogens with zero attached hydrogens (tertiary/aromatic N) is 1. The Labute approximate surface area is 146 Å². The third-order valence-electron chi connectivity index (χ3n) is 5.07. The van der Waals surface area contributed by atoms with Crippen LogP contribution in [0.4, 0.5) is 4.79 Å². The molecule has 1 amide bonds. The maximum absolute atomic E-state index is 13.3. The van der Waals surface area contributed by atoms with E-state index >= 15 is 0 Å². The highest BCUT2D eigenvalue weighted by Crippen LogP contribution is 2.50. The number of rotatable bonds is 0. The molecule has 1 fully saturated rings. The molecule has 24 heavy (non-hydrogen) atoms. The first-order valence-corrected chi connectivity index (χ1v) is 8.53. The van der Waals surface area contributed by atoms with Crippen molar-refractivity contribution in [1.82, 2.24) is 4.90 Å². The quantitative estimate of drug-likeness (QED) is 0.764. The van der Waals surface area contributed by atoms with Gasteiger partial charge in [0.2, 0.25) is 0 Å². The van der Waals surface area contributed by atoms with E-state index in [1.807, 2.05) is 20.8 Å². The van der Waals surface area contributed by atoms with Gasteiger partial charge in [-0.15, -0.1) is 0 Å². The number of benzene rings is 1. The van der Waals surface area contributed by atoms with Crippen LogP contribution in [-0.2, 0) is 0 Å². The number of ether oxygens (including phenoxy) is 1. The Morgan fingerprint density at radius 2 is 1.96 bits per heavy atom. The fraction of sp³-hybridized carbons (Fsp3) is 0.556. The van der Waals surface area contributed by atoms with E-state index in [9.17, 15) is 14.7 Å². The molecule has 1 aromatic rings.